The lowest BCUT2D eigenvalue weighted by molar-refractivity contribution is -0.124. The molecule has 0 radical (unpaired) electrons. The van der Waals surface area contributed by atoms with E-state index in [-0.39, 0.29) is 11.8 Å². The number of nitrogens with zero attached hydrogens (tertiary/aromatic N) is 2. The van der Waals surface area contributed by atoms with Crippen LogP contribution in [0, 0.1) is 5.41 Å². The summed E-state index contributed by atoms with van der Waals surface area (Å²) in [7, 11) is 0. The fourth-order valence-corrected chi connectivity index (χ4v) is 3.09. The molecule has 4 nitrogen and oxygen atoms in total. The Labute approximate surface area is 148 Å². The molecule has 3 rings (SSSR count). The maximum atomic E-state index is 13.1. The molecule has 0 aliphatic carbocycles. The lowest BCUT2D eigenvalue weighted by Gasteiger charge is -2.34. The van der Waals surface area contributed by atoms with Crippen molar-refractivity contribution >= 4 is 11.7 Å². The van der Waals surface area contributed by atoms with E-state index in [0.29, 0.717) is 5.82 Å². The number of hydrogen-bond acceptors (Lipinski definition) is 3. The molecule has 25 heavy (non-hydrogen) atoms. The standard InChI is InChI=1S/C21H21N3O/c1-21(2,20(25)24-18-13-14-22-15-23-18)19(16-9-5-3-6-10-16)17-11-7-4-8-12-17/h3-15,19H,1-2H3,(H,22,23,24,25). The molecule has 1 amide bonds. The minimum atomic E-state index is -0.673. The number of amides is 1. The second-order valence-electron chi connectivity index (χ2n) is 6.52. The van der Waals surface area contributed by atoms with Crippen molar-refractivity contribution in [3.63, 3.8) is 0 Å². The first-order valence-electron chi connectivity index (χ1n) is 8.26. The minimum Gasteiger partial charge on any atom is -0.310 e. The van der Waals surface area contributed by atoms with Crippen LogP contribution in [-0.2, 0) is 4.79 Å². The topological polar surface area (TPSA) is 54.9 Å². The number of nitrogens with one attached hydrogen (secondary N) is 1. The summed E-state index contributed by atoms with van der Waals surface area (Å²) in [6.45, 7) is 3.93. The molecule has 4 heteroatoms. The van der Waals surface area contributed by atoms with E-state index < -0.39 is 5.41 Å². The average Bonchev–Trinajstić information content (AvgIpc) is 2.64. The Morgan fingerprint density at radius 3 is 1.96 bits per heavy atom. The molecule has 0 aliphatic rings. The number of benzene rings is 2. The zero-order valence-corrected chi connectivity index (χ0v) is 14.4. The lowest BCUT2D eigenvalue weighted by Crippen LogP contribution is -2.37. The normalized spacial score (nSPS) is 11.3. The minimum absolute atomic E-state index is 0.0725. The largest absolute Gasteiger partial charge is 0.310 e. The first kappa shape index (κ1) is 16.8. The van der Waals surface area contributed by atoms with Crippen LogP contribution < -0.4 is 5.32 Å². The molecule has 1 N–H and O–H groups in total. The lowest BCUT2D eigenvalue weighted by atomic mass is 9.70. The quantitative estimate of drug-likeness (QED) is 0.759. The van der Waals surface area contributed by atoms with E-state index in [1.807, 2.05) is 50.2 Å². The summed E-state index contributed by atoms with van der Waals surface area (Å²) in [6.07, 6.45) is 3.04. The van der Waals surface area contributed by atoms with E-state index in [2.05, 4.69) is 39.6 Å². The molecule has 0 bridgehead atoms. The van der Waals surface area contributed by atoms with Crippen LogP contribution in [0.3, 0.4) is 0 Å². The maximum absolute atomic E-state index is 13.1. The fourth-order valence-electron chi connectivity index (χ4n) is 3.09. The predicted molar refractivity (Wildman–Crippen MR) is 99.2 cm³/mol. The summed E-state index contributed by atoms with van der Waals surface area (Å²) in [5, 5.41) is 2.91. The van der Waals surface area contributed by atoms with Crippen molar-refractivity contribution in [2.24, 2.45) is 5.41 Å². The van der Waals surface area contributed by atoms with Gasteiger partial charge in [-0.3, -0.25) is 4.79 Å². The number of aromatic nitrogens is 2. The summed E-state index contributed by atoms with van der Waals surface area (Å²) in [4.78, 5) is 21.0. The molecule has 0 saturated heterocycles. The zero-order chi connectivity index (χ0) is 17.7. The van der Waals surface area contributed by atoms with Gasteiger partial charge in [0, 0.05) is 12.1 Å². The molecule has 1 aromatic heterocycles. The molecular weight excluding hydrogens is 310 g/mol. The SMILES string of the molecule is CC(C)(C(=O)Nc1ccncn1)C(c1ccccc1)c1ccccc1. The van der Waals surface area contributed by atoms with Crippen molar-refractivity contribution in [2.75, 3.05) is 5.32 Å². The van der Waals surface area contributed by atoms with Crippen molar-refractivity contribution in [1.29, 1.82) is 0 Å². The Morgan fingerprint density at radius 2 is 1.48 bits per heavy atom. The van der Waals surface area contributed by atoms with Gasteiger partial charge in [-0.1, -0.05) is 74.5 Å². The van der Waals surface area contributed by atoms with Gasteiger partial charge in [0.05, 0.1) is 5.41 Å². The van der Waals surface area contributed by atoms with Crippen LogP contribution in [-0.4, -0.2) is 15.9 Å². The predicted octanol–water partition coefficient (Wildman–Crippen LogP) is 4.27. The highest BCUT2D eigenvalue weighted by molar-refractivity contribution is 5.95. The first-order valence-corrected chi connectivity index (χ1v) is 8.26. The van der Waals surface area contributed by atoms with Gasteiger partial charge in [0.15, 0.2) is 0 Å². The van der Waals surface area contributed by atoms with Crippen LogP contribution in [0.2, 0.25) is 0 Å². The highest BCUT2D eigenvalue weighted by Crippen LogP contribution is 2.41. The maximum Gasteiger partial charge on any atom is 0.232 e. The van der Waals surface area contributed by atoms with Gasteiger partial charge in [0.2, 0.25) is 5.91 Å². The van der Waals surface area contributed by atoms with E-state index in [0.717, 1.165) is 11.1 Å². The number of rotatable bonds is 5. The highest BCUT2D eigenvalue weighted by atomic mass is 16.2. The number of anilines is 1. The third kappa shape index (κ3) is 3.74. The zero-order valence-electron chi connectivity index (χ0n) is 14.4. The summed E-state index contributed by atoms with van der Waals surface area (Å²) in [5.74, 6) is 0.355. The molecule has 0 spiro atoms. The molecular formula is C21H21N3O. The van der Waals surface area contributed by atoms with Crippen molar-refractivity contribution in [3.05, 3.63) is 90.4 Å². The molecule has 1 heterocycles. The molecule has 126 valence electrons. The summed E-state index contributed by atoms with van der Waals surface area (Å²) in [5.41, 5.74) is 1.54. The van der Waals surface area contributed by atoms with Gasteiger partial charge in [-0.2, -0.15) is 0 Å². The van der Waals surface area contributed by atoms with Gasteiger partial charge in [0.25, 0.3) is 0 Å². The smallest absolute Gasteiger partial charge is 0.232 e. The number of carbonyl (C=O) groups is 1. The Hall–Kier alpha value is -3.01. The Kier molecular flexibility index (Phi) is 4.89. The third-order valence-corrected chi connectivity index (χ3v) is 4.40. The molecule has 0 saturated carbocycles. The van der Waals surface area contributed by atoms with Crippen LogP contribution in [0.1, 0.15) is 30.9 Å². The molecule has 0 unspecified atom stereocenters. The van der Waals surface area contributed by atoms with E-state index in [4.69, 9.17) is 0 Å². The van der Waals surface area contributed by atoms with Crippen LogP contribution in [0.4, 0.5) is 5.82 Å². The van der Waals surface area contributed by atoms with Crippen molar-refractivity contribution in [2.45, 2.75) is 19.8 Å². The fraction of sp³-hybridized carbons (Fsp3) is 0.190. The first-order chi connectivity index (χ1) is 12.1. The van der Waals surface area contributed by atoms with Crippen molar-refractivity contribution in [1.82, 2.24) is 9.97 Å². The monoisotopic (exact) mass is 331 g/mol. The molecule has 3 aromatic rings. The van der Waals surface area contributed by atoms with E-state index in [9.17, 15) is 4.79 Å². The van der Waals surface area contributed by atoms with Gasteiger partial charge < -0.3 is 5.32 Å². The van der Waals surface area contributed by atoms with Gasteiger partial charge >= 0.3 is 0 Å². The van der Waals surface area contributed by atoms with Crippen molar-refractivity contribution < 1.29 is 4.79 Å². The second-order valence-corrected chi connectivity index (χ2v) is 6.52. The summed E-state index contributed by atoms with van der Waals surface area (Å²) < 4.78 is 0. The van der Waals surface area contributed by atoms with Crippen molar-refractivity contribution in [3.8, 4) is 0 Å². The number of hydrogen-bond donors (Lipinski definition) is 1. The van der Waals surface area contributed by atoms with Crippen LogP contribution in [0.25, 0.3) is 0 Å². The summed E-state index contributed by atoms with van der Waals surface area (Å²) >= 11 is 0. The Morgan fingerprint density at radius 1 is 0.920 bits per heavy atom. The van der Waals surface area contributed by atoms with Gasteiger partial charge in [-0.15, -0.1) is 0 Å². The summed E-state index contributed by atoms with van der Waals surface area (Å²) in [6, 6.07) is 21.9. The molecule has 0 atom stereocenters. The highest BCUT2D eigenvalue weighted by Gasteiger charge is 2.38. The Bertz CT molecular complexity index is 778. The number of carbonyl (C=O) groups excluding carboxylic acids is 1. The van der Waals surface area contributed by atoms with Crippen LogP contribution in [0.5, 0.6) is 0 Å². The van der Waals surface area contributed by atoms with Gasteiger partial charge in [0.1, 0.15) is 12.1 Å². The van der Waals surface area contributed by atoms with E-state index >= 15 is 0 Å². The average molecular weight is 331 g/mol. The Balaban J connectivity index is 1.98. The third-order valence-electron chi connectivity index (χ3n) is 4.40. The second kappa shape index (κ2) is 7.26. The van der Waals surface area contributed by atoms with E-state index in [1.165, 1.54) is 6.33 Å². The van der Waals surface area contributed by atoms with Crippen LogP contribution >= 0.6 is 0 Å². The molecule has 2 aromatic carbocycles. The van der Waals surface area contributed by atoms with E-state index in [1.54, 1.807) is 12.3 Å². The molecule has 0 fully saturated rings. The molecule has 0 aliphatic heterocycles. The van der Waals surface area contributed by atoms with Gasteiger partial charge in [-0.05, 0) is 17.2 Å². The van der Waals surface area contributed by atoms with Crippen LogP contribution in [0.15, 0.2) is 79.3 Å². The van der Waals surface area contributed by atoms with Gasteiger partial charge in [-0.25, -0.2) is 9.97 Å².